The van der Waals surface area contributed by atoms with Gasteiger partial charge in [-0.05, 0) is 80.3 Å². The van der Waals surface area contributed by atoms with Gasteiger partial charge in [-0.2, -0.15) is 26.3 Å². The molecule has 2 aliphatic carbocycles. The number of hydrogen-bond acceptors (Lipinski definition) is 5. The fraction of sp³-hybridized carbons (Fsp3) is 0.314. The lowest BCUT2D eigenvalue weighted by Crippen LogP contribution is -2.48. The number of alkyl halides is 6. The molecule has 51 heavy (non-hydrogen) atoms. The summed E-state index contributed by atoms with van der Waals surface area (Å²) in [5, 5.41) is 10.9. The van der Waals surface area contributed by atoms with Gasteiger partial charge in [-0.3, -0.25) is 19.2 Å². The fourth-order valence-electron chi connectivity index (χ4n) is 8.31. The molecule has 16 heteroatoms. The van der Waals surface area contributed by atoms with Crippen molar-refractivity contribution in [2.45, 2.75) is 38.0 Å². The Morgan fingerprint density at radius 3 is 2.04 bits per heavy atom. The van der Waals surface area contributed by atoms with Crippen molar-refractivity contribution in [3.05, 3.63) is 98.8 Å². The molecular weight excluding hydrogens is 732 g/mol. The number of rotatable bonds is 3. The van der Waals surface area contributed by atoms with E-state index in [-0.39, 0.29) is 46.0 Å². The highest BCUT2D eigenvalue weighted by atomic mass is 35.5. The molecule has 3 aromatic rings. The van der Waals surface area contributed by atoms with Gasteiger partial charge in [-0.15, -0.1) is 0 Å². The van der Waals surface area contributed by atoms with Gasteiger partial charge in [0.25, 0.3) is 0 Å². The van der Waals surface area contributed by atoms with Crippen LogP contribution in [-0.2, 0) is 31.5 Å². The van der Waals surface area contributed by atoms with Crippen molar-refractivity contribution < 1.29 is 55.0 Å². The number of aromatic hydroxyl groups is 1. The highest BCUT2D eigenvalue weighted by Gasteiger charge is 2.68. The van der Waals surface area contributed by atoms with Crippen molar-refractivity contribution in [3.63, 3.8) is 0 Å². The first-order valence-electron chi connectivity index (χ1n) is 15.4. The summed E-state index contributed by atoms with van der Waals surface area (Å²) < 4.78 is 96.5. The molecule has 0 radical (unpaired) electrons. The number of halogens is 9. The smallest absolute Gasteiger partial charge is 0.416 e. The standard InChI is InChI=1S/C35H23Cl2F7N2O5/c1-33-23(30(49)46(32(33)51)17-3-6-25(38)24(37)12-17)13-21-19(28(33)22-11-16(36)2-7-26(22)47)4-5-20-27(21)31(50)45(29(20)48)18-9-14(34(39,40)41)8-15(10-18)35(42,43)44/h2-4,6-12,20-21,23,27-28,47H,5,13H2,1H3/t20-,21+,23-,27-,28+,33+/m0/s1. The lowest BCUT2D eigenvalue weighted by Gasteiger charge is -2.49. The third kappa shape index (κ3) is 5.23. The average molecular weight is 755 g/mol. The van der Waals surface area contributed by atoms with E-state index in [9.17, 15) is 55.0 Å². The van der Waals surface area contributed by atoms with E-state index in [1.54, 1.807) is 6.08 Å². The molecule has 3 aromatic carbocycles. The van der Waals surface area contributed by atoms with E-state index >= 15 is 0 Å². The minimum atomic E-state index is -5.25. The third-order valence-electron chi connectivity index (χ3n) is 10.6. The van der Waals surface area contributed by atoms with E-state index in [2.05, 4.69) is 0 Å². The first-order chi connectivity index (χ1) is 23.7. The van der Waals surface area contributed by atoms with Crippen LogP contribution >= 0.6 is 23.2 Å². The van der Waals surface area contributed by atoms with Crippen LogP contribution in [0.5, 0.6) is 5.75 Å². The highest BCUT2D eigenvalue weighted by Crippen LogP contribution is 2.64. The van der Waals surface area contributed by atoms with Crippen LogP contribution in [0.2, 0.25) is 10.0 Å². The first-order valence-corrected chi connectivity index (χ1v) is 16.2. The van der Waals surface area contributed by atoms with Crippen LogP contribution in [0.25, 0.3) is 0 Å². The van der Waals surface area contributed by atoms with E-state index < -0.39 is 93.6 Å². The Kier molecular flexibility index (Phi) is 7.92. The van der Waals surface area contributed by atoms with Gasteiger partial charge in [0.2, 0.25) is 23.6 Å². The van der Waals surface area contributed by atoms with Crippen LogP contribution in [0.3, 0.4) is 0 Å². The number of anilines is 2. The Labute approximate surface area is 294 Å². The maximum absolute atomic E-state index is 14.4. The minimum Gasteiger partial charge on any atom is -0.508 e. The molecular formula is C35H23Cl2F7N2O5. The summed E-state index contributed by atoms with van der Waals surface area (Å²) in [5.74, 6) is -10.8. The number of carbonyl (C=O) groups excluding carboxylic acids is 4. The van der Waals surface area contributed by atoms with Crippen LogP contribution in [0, 0.1) is 34.9 Å². The lowest BCUT2D eigenvalue weighted by atomic mass is 9.51. The third-order valence-corrected chi connectivity index (χ3v) is 11.1. The van der Waals surface area contributed by atoms with Crippen molar-refractivity contribution in [1.29, 1.82) is 0 Å². The Hall–Kier alpha value is -4.43. The normalized spacial score (nSPS) is 27.8. The van der Waals surface area contributed by atoms with Crippen LogP contribution in [-0.4, -0.2) is 28.7 Å². The zero-order valence-corrected chi connectivity index (χ0v) is 27.5. The summed E-state index contributed by atoms with van der Waals surface area (Å²) in [6.07, 6.45) is -9.37. The number of amides is 4. The highest BCUT2D eigenvalue weighted by molar-refractivity contribution is 6.32. The number of hydrogen-bond donors (Lipinski definition) is 1. The molecule has 7 rings (SSSR count). The molecule has 0 spiro atoms. The van der Waals surface area contributed by atoms with Crippen LogP contribution in [0.15, 0.2) is 66.2 Å². The second-order valence-electron chi connectivity index (χ2n) is 13.2. The fourth-order valence-corrected chi connectivity index (χ4v) is 8.66. The molecule has 2 heterocycles. The van der Waals surface area contributed by atoms with Crippen molar-refractivity contribution in [1.82, 2.24) is 0 Å². The Balaban J connectivity index is 1.37. The second kappa shape index (κ2) is 11.5. The average Bonchev–Trinajstić information content (AvgIpc) is 3.42. The van der Waals surface area contributed by atoms with Crippen LogP contribution in [0.4, 0.5) is 42.1 Å². The first kappa shape index (κ1) is 35.0. The molecule has 1 saturated carbocycles. The lowest BCUT2D eigenvalue weighted by molar-refractivity contribution is -0.143. The Morgan fingerprint density at radius 1 is 0.784 bits per heavy atom. The summed E-state index contributed by atoms with van der Waals surface area (Å²) in [6, 6.07) is 7.72. The summed E-state index contributed by atoms with van der Waals surface area (Å²) in [6.45, 7) is 1.49. The Morgan fingerprint density at radius 2 is 1.43 bits per heavy atom. The van der Waals surface area contributed by atoms with E-state index in [0.29, 0.717) is 22.6 Å². The molecule has 2 saturated heterocycles. The summed E-state index contributed by atoms with van der Waals surface area (Å²) >= 11 is 12.3. The van der Waals surface area contributed by atoms with E-state index in [0.717, 1.165) is 17.0 Å². The predicted octanol–water partition coefficient (Wildman–Crippen LogP) is 8.31. The molecule has 2 aliphatic heterocycles. The molecule has 3 fully saturated rings. The van der Waals surface area contributed by atoms with Crippen molar-refractivity contribution in [2.75, 3.05) is 9.80 Å². The molecule has 0 aromatic heterocycles. The number of carbonyl (C=O) groups is 4. The number of fused-ring (bicyclic) bond motifs is 4. The largest absolute Gasteiger partial charge is 0.508 e. The van der Waals surface area contributed by atoms with E-state index in [1.807, 2.05) is 0 Å². The molecule has 0 unspecified atom stereocenters. The van der Waals surface area contributed by atoms with Gasteiger partial charge >= 0.3 is 12.4 Å². The van der Waals surface area contributed by atoms with Gasteiger partial charge in [-0.25, -0.2) is 14.2 Å². The van der Waals surface area contributed by atoms with E-state index in [1.165, 1.54) is 31.2 Å². The van der Waals surface area contributed by atoms with Crippen LogP contribution in [0.1, 0.15) is 42.4 Å². The second-order valence-corrected chi connectivity index (χ2v) is 14.1. The SMILES string of the molecule is C[C@@]12C(=O)N(c3ccc(F)c(Cl)c3)C(=O)[C@@H]1C[C@@H]1C(=CC[C@@H]3C(=O)N(c4cc(C(F)(F)F)cc(C(F)(F)F)c4)C(=O)[C@@H]31)[C@@H]2c1cc(Cl)ccc1O. The zero-order valence-electron chi connectivity index (χ0n) is 26.0. The topological polar surface area (TPSA) is 95.0 Å². The van der Waals surface area contributed by atoms with E-state index in [4.69, 9.17) is 23.2 Å². The maximum atomic E-state index is 14.4. The number of allylic oxidation sites excluding steroid dienone is 2. The molecule has 0 bridgehead atoms. The molecule has 7 nitrogen and oxygen atoms in total. The Bertz CT molecular complexity index is 2070. The molecule has 1 N–H and O–H groups in total. The van der Waals surface area contributed by atoms with Gasteiger partial charge in [-0.1, -0.05) is 34.9 Å². The number of nitrogens with zero attached hydrogens (tertiary/aromatic N) is 2. The molecule has 266 valence electrons. The summed E-state index contributed by atoms with van der Waals surface area (Å²) in [4.78, 5) is 57.8. The van der Waals surface area contributed by atoms with Crippen molar-refractivity contribution >= 4 is 58.2 Å². The molecule has 6 atom stereocenters. The quantitative estimate of drug-likeness (QED) is 0.165. The predicted molar refractivity (Wildman–Crippen MR) is 168 cm³/mol. The zero-order chi connectivity index (χ0) is 37.1. The van der Waals surface area contributed by atoms with Gasteiger partial charge in [0, 0.05) is 16.5 Å². The van der Waals surface area contributed by atoms with Gasteiger partial charge in [0.1, 0.15) is 11.6 Å². The number of phenolic OH excluding ortho intramolecular Hbond substituents is 1. The number of benzene rings is 3. The maximum Gasteiger partial charge on any atom is 0.416 e. The number of imide groups is 2. The van der Waals surface area contributed by atoms with Crippen molar-refractivity contribution in [3.8, 4) is 5.75 Å². The van der Waals surface area contributed by atoms with Gasteiger partial charge in [0.15, 0.2) is 0 Å². The molecule has 4 amide bonds. The number of phenols is 1. The van der Waals surface area contributed by atoms with Crippen molar-refractivity contribution in [2.24, 2.45) is 29.1 Å². The monoisotopic (exact) mass is 754 g/mol. The minimum absolute atomic E-state index is 0.0563. The molecule has 4 aliphatic rings. The van der Waals surface area contributed by atoms with Crippen LogP contribution < -0.4 is 9.80 Å². The summed E-state index contributed by atoms with van der Waals surface area (Å²) in [5.41, 5.74) is -5.62. The van der Waals surface area contributed by atoms with Gasteiger partial charge < -0.3 is 5.11 Å². The van der Waals surface area contributed by atoms with Gasteiger partial charge in [0.05, 0.1) is 50.7 Å². The summed E-state index contributed by atoms with van der Waals surface area (Å²) in [7, 11) is 0.